The molecule has 0 saturated carbocycles. The summed E-state index contributed by atoms with van der Waals surface area (Å²) in [6, 6.07) is 8.96. The molecule has 0 bridgehead atoms. The summed E-state index contributed by atoms with van der Waals surface area (Å²) >= 11 is 2.05. The molecule has 0 spiro atoms. The van der Waals surface area contributed by atoms with Crippen molar-refractivity contribution in [2.75, 3.05) is 62.8 Å². The Morgan fingerprint density at radius 2 is 1.90 bits per heavy atom. The molecule has 0 unspecified atom stereocenters. The first-order valence-corrected chi connectivity index (χ1v) is 11.9. The van der Waals surface area contributed by atoms with Gasteiger partial charge in [0, 0.05) is 63.6 Å². The van der Waals surface area contributed by atoms with Crippen LogP contribution < -0.4 is 10.2 Å². The summed E-state index contributed by atoms with van der Waals surface area (Å²) in [7, 11) is 2.15. The Labute approximate surface area is 198 Å². The molecular weight excluding hydrogens is 495 g/mol. The lowest BCUT2D eigenvalue weighted by Gasteiger charge is -2.28. The molecule has 2 fully saturated rings. The molecule has 0 radical (unpaired) electrons. The zero-order chi connectivity index (χ0) is 19.6. The standard InChI is InChI=1S/C22H36N4OS.HI/c1-3-23-22(25(2)11-8-19-9-14-27-15-10-19)24-18-20-4-6-21(7-5-20)26-12-16-28-17-13-26;/h4-7,19H,3,8-18H2,1-2H3,(H,23,24);1H. The normalized spacial score (nSPS) is 18.3. The maximum Gasteiger partial charge on any atom is 0.193 e. The van der Waals surface area contributed by atoms with Crippen LogP contribution in [0, 0.1) is 5.92 Å². The Balaban J connectivity index is 0.00000300. The minimum atomic E-state index is 0. The number of thioether (sulfide) groups is 1. The SMILES string of the molecule is CCNC(=NCc1ccc(N2CCSCC2)cc1)N(C)CCC1CCOCC1.I. The summed E-state index contributed by atoms with van der Waals surface area (Å²) in [5.74, 6) is 4.27. The molecule has 3 rings (SSSR count). The van der Waals surface area contributed by atoms with E-state index in [-0.39, 0.29) is 24.0 Å². The number of nitrogens with one attached hydrogen (secondary N) is 1. The molecule has 1 N–H and O–H groups in total. The highest BCUT2D eigenvalue weighted by molar-refractivity contribution is 14.0. The summed E-state index contributed by atoms with van der Waals surface area (Å²) in [5.41, 5.74) is 2.61. The first-order chi connectivity index (χ1) is 13.8. The van der Waals surface area contributed by atoms with Crippen molar-refractivity contribution in [1.29, 1.82) is 0 Å². The van der Waals surface area contributed by atoms with Crippen LogP contribution in [0.25, 0.3) is 0 Å². The van der Waals surface area contributed by atoms with Crippen molar-refractivity contribution >= 4 is 47.4 Å². The number of hydrogen-bond donors (Lipinski definition) is 1. The van der Waals surface area contributed by atoms with E-state index in [4.69, 9.17) is 9.73 Å². The zero-order valence-corrected chi connectivity index (χ0v) is 21.1. The van der Waals surface area contributed by atoms with Gasteiger partial charge in [0.15, 0.2) is 5.96 Å². The molecule has 0 aliphatic carbocycles. The Hall–Kier alpha value is -0.670. The molecule has 1 aromatic rings. The van der Waals surface area contributed by atoms with Crippen molar-refractivity contribution in [2.24, 2.45) is 10.9 Å². The van der Waals surface area contributed by atoms with Crippen molar-refractivity contribution in [3.63, 3.8) is 0 Å². The third-order valence-corrected chi connectivity index (χ3v) is 6.58. The lowest BCUT2D eigenvalue weighted by molar-refractivity contribution is 0.0625. The third kappa shape index (κ3) is 8.17. The number of guanidine groups is 1. The van der Waals surface area contributed by atoms with Crippen LogP contribution in [0.2, 0.25) is 0 Å². The summed E-state index contributed by atoms with van der Waals surface area (Å²) in [4.78, 5) is 9.64. The van der Waals surface area contributed by atoms with Gasteiger partial charge in [0.25, 0.3) is 0 Å². The molecule has 29 heavy (non-hydrogen) atoms. The fourth-order valence-electron chi connectivity index (χ4n) is 3.79. The average Bonchev–Trinajstić information content (AvgIpc) is 2.76. The number of nitrogens with zero attached hydrogens (tertiary/aromatic N) is 3. The molecule has 1 aromatic carbocycles. The van der Waals surface area contributed by atoms with Crippen LogP contribution in [-0.4, -0.2) is 68.8 Å². The van der Waals surface area contributed by atoms with E-state index in [1.807, 2.05) is 0 Å². The maximum absolute atomic E-state index is 5.47. The van der Waals surface area contributed by atoms with Crippen LogP contribution in [-0.2, 0) is 11.3 Å². The van der Waals surface area contributed by atoms with Gasteiger partial charge in [-0.25, -0.2) is 4.99 Å². The van der Waals surface area contributed by atoms with E-state index in [9.17, 15) is 0 Å². The smallest absolute Gasteiger partial charge is 0.193 e. The van der Waals surface area contributed by atoms with Crippen molar-refractivity contribution < 1.29 is 4.74 Å². The van der Waals surface area contributed by atoms with Crippen LogP contribution in [0.4, 0.5) is 5.69 Å². The van der Waals surface area contributed by atoms with Crippen molar-refractivity contribution in [1.82, 2.24) is 10.2 Å². The Morgan fingerprint density at radius 3 is 2.55 bits per heavy atom. The minimum Gasteiger partial charge on any atom is -0.381 e. The molecule has 164 valence electrons. The van der Waals surface area contributed by atoms with E-state index in [2.05, 4.69) is 65.1 Å². The van der Waals surface area contributed by atoms with Gasteiger partial charge in [-0.05, 0) is 49.8 Å². The number of halogens is 1. The number of hydrogen-bond acceptors (Lipinski definition) is 4. The summed E-state index contributed by atoms with van der Waals surface area (Å²) in [5, 5.41) is 3.44. The molecular formula is C22H37IN4OS. The molecule has 7 heteroatoms. The molecule has 2 aliphatic heterocycles. The monoisotopic (exact) mass is 532 g/mol. The second-order valence-corrected chi connectivity index (χ2v) is 8.93. The van der Waals surface area contributed by atoms with Crippen LogP contribution >= 0.6 is 35.7 Å². The van der Waals surface area contributed by atoms with Gasteiger partial charge < -0.3 is 19.9 Å². The Morgan fingerprint density at radius 1 is 1.21 bits per heavy atom. The second-order valence-electron chi connectivity index (χ2n) is 7.70. The first kappa shape index (κ1) is 24.6. The maximum atomic E-state index is 5.47. The van der Waals surface area contributed by atoms with Gasteiger partial charge in [0.1, 0.15) is 0 Å². The lowest BCUT2D eigenvalue weighted by atomic mass is 9.96. The Kier molecular flexibility index (Phi) is 11.5. The largest absolute Gasteiger partial charge is 0.381 e. The second kappa shape index (κ2) is 13.6. The van der Waals surface area contributed by atoms with Gasteiger partial charge in [-0.15, -0.1) is 24.0 Å². The summed E-state index contributed by atoms with van der Waals surface area (Å²) in [6.07, 6.45) is 3.61. The Bertz CT molecular complexity index is 601. The predicted octanol–water partition coefficient (Wildman–Crippen LogP) is 4.07. The number of rotatable bonds is 7. The predicted molar refractivity (Wildman–Crippen MR) is 137 cm³/mol. The fraction of sp³-hybridized carbons (Fsp3) is 0.682. The minimum absolute atomic E-state index is 0. The van der Waals surface area contributed by atoms with Gasteiger partial charge in [-0.1, -0.05) is 12.1 Å². The molecule has 5 nitrogen and oxygen atoms in total. The highest BCUT2D eigenvalue weighted by Gasteiger charge is 2.15. The number of ether oxygens (including phenoxy) is 1. The summed E-state index contributed by atoms with van der Waals surface area (Å²) < 4.78 is 5.47. The number of anilines is 1. The number of benzene rings is 1. The molecule has 2 aliphatic rings. The molecule has 0 atom stereocenters. The first-order valence-electron chi connectivity index (χ1n) is 10.7. The van der Waals surface area contributed by atoms with Gasteiger partial charge in [-0.3, -0.25) is 0 Å². The molecule has 2 saturated heterocycles. The summed E-state index contributed by atoms with van der Waals surface area (Å²) in [6.45, 7) is 8.96. The molecule has 0 amide bonds. The van der Waals surface area contributed by atoms with E-state index in [1.54, 1.807) is 0 Å². The zero-order valence-electron chi connectivity index (χ0n) is 17.9. The highest BCUT2D eigenvalue weighted by Crippen LogP contribution is 2.20. The highest BCUT2D eigenvalue weighted by atomic mass is 127. The van der Waals surface area contributed by atoms with Gasteiger partial charge in [0.2, 0.25) is 0 Å². The van der Waals surface area contributed by atoms with Crippen LogP contribution in [0.3, 0.4) is 0 Å². The van der Waals surface area contributed by atoms with Gasteiger partial charge in [-0.2, -0.15) is 11.8 Å². The molecule has 0 aromatic heterocycles. The van der Waals surface area contributed by atoms with E-state index in [0.717, 1.165) is 57.8 Å². The van der Waals surface area contributed by atoms with Crippen molar-refractivity contribution in [3.8, 4) is 0 Å². The van der Waals surface area contributed by atoms with E-state index >= 15 is 0 Å². The lowest BCUT2D eigenvalue weighted by Crippen LogP contribution is -2.40. The molecule has 2 heterocycles. The fourth-order valence-corrected chi connectivity index (χ4v) is 4.69. The van der Waals surface area contributed by atoms with Gasteiger partial charge >= 0.3 is 0 Å². The van der Waals surface area contributed by atoms with E-state index in [1.165, 1.54) is 42.0 Å². The average molecular weight is 533 g/mol. The van der Waals surface area contributed by atoms with E-state index in [0.29, 0.717) is 0 Å². The quantitative estimate of drug-likeness (QED) is 0.326. The van der Waals surface area contributed by atoms with Crippen LogP contribution in [0.15, 0.2) is 29.3 Å². The third-order valence-electron chi connectivity index (χ3n) is 5.63. The van der Waals surface area contributed by atoms with Crippen LogP contribution in [0.5, 0.6) is 0 Å². The number of aliphatic imine (C=N–C) groups is 1. The van der Waals surface area contributed by atoms with Gasteiger partial charge in [0.05, 0.1) is 6.54 Å². The van der Waals surface area contributed by atoms with Crippen molar-refractivity contribution in [2.45, 2.75) is 32.7 Å². The topological polar surface area (TPSA) is 40.1 Å². The van der Waals surface area contributed by atoms with E-state index < -0.39 is 0 Å². The van der Waals surface area contributed by atoms with Crippen molar-refractivity contribution in [3.05, 3.63) is 29.8 Å². The van der Waals surface area contributed by atoms with Crippen LogP contribution in [0.1, 0.15) is 31.7 Å².